The van der Waals surface area contributed by atoms with Crippen LogP contribution in [0.5, 0.6) is 5.75 Å². The predicted molar refractivity (Wildman–Crippen MR) is 110 cm³/mol. The highest BCUT2D eigenvalue weighted by molar-refractivity contribution is 6.30. The molecule has 0 aliphatic rings. The summed E-state index contributed by atoms with van der Waals surface area (Å²) in [7, 11) is 0. The van der Waals surface area contributed by atoms with Crippen molar-refractivity contribution in [3.63, 3.8) is 0 Å². The zero-order valence-electron chi connectivity index (χ0n) is 15.5. The quantitative estimate of drug-likeness (QED) is 0.554. The molecule has 3 rings (SSSR count). The molecule has 1 N–H and O–H groups in total. The van der Waals surface area contributed by atoms with Gasteiger partial charge in [-0.05, 0) is 35.9 Å². The molecule has 0 spiro atoms. The predicted octanol–water partition coefficient (Wildman–Crippen LogP) is 4.92. The van der Waals surface area contributed by atoms with Crippen molar-refractivity contribution >= 4 is 11.6 Å². The van der Waals surface area contributed by atoms with Gasteiger partial charge < -0.3 is 9.84 Å². The summed E-state index contributed by atoms with van der Waals surface area (Å²) in [5.41, 5.74) is 1.70. The van der Waals surface area contributed by atoms with Crippen LogP contribution in [-0.2, 0) is 13.1 Å². The molecule has 0 saturated carbocycles. The lowest BCUT2D eigenvalue weighted by Gasteiger charge is -2.25. The van der Waals surface area contributed by atoms with Crippen molar-refractivity contribution in [2.45, 2.75) is 19.2 Å². The third-order valence-corrected chi connectivity index (χ3v) is 4.58. The summed E-state index contributed by atoms with van der Waals surface area (Å²) in [6.45, 7) is 1.51. The van der Waals surface area contributed by atoms with Gasteiger partial charge in [-0.2, -0.15) is 0 Å². The highest BCUT2D eigenvalue weighted by Crippen LogP contribution is 2.17. The van der Waals surface area contributed by atoms with Crippen LogP contribution in [0.25, 0.3) is 0 Å². The van der Waals surface area contributed by atoms with E-state index >= 15 is 0 Å². The SMILES string of the molecule is O[C@@H](COc1ccc(Cl)cc1)CN(Cc1ccccc1)Cc1ccccc1F. The molecule has 0 aliphatic carbocycles. The lowest BCUT2D eigenvalue weighted by atomic mass is 10.1. The third kappa shape index (κ3) is 6.34. The van der Waals surface area contributed by atoms with Crippen molar-refractivity contribution in [1.82, 2.24) is 4.90 Å². The van der Waals surface area contributed by atoms with Crippen LogP contribution in [0, 0.1) is 5.82 Å². The van der Waals surface area contributed by atoms with Gasteiger partial charge >= 0.3 is 0 Å². The second kappa shape index (κ2) is 10.2. The highest BCUT2D eigenvalue weighted by Gasteiger charge is 2.15. The van der Waals surface area contributed by atoms with Crippen molar-refractivity contribution in [1.29, 1.82) is 0 Å². The average molecular weight is 400 g/mol. The molecule has 0 aliphatic heterocycles. The van der Waals surface area contributed by atoms with Gasteiger partial charge in [0.15, 0.2) is 0 Å². The molecule has 3 aromatic rings. The van der Waals surface area contributed by atoms with Gasteiger partial charge in [-0.1, -0.05) is 60.1 Å². The van der Waals surface area contributed by atoms with E-state index in [1.165, 1.54) is 6.07 Å². The van der Waals surface area contributed by atoms with E-state index in [1.54, 1.807) is 36.4 Å². The molecule has 0 aromatic heterocycles. The number of rotatable bonds is 9. The van der Waals surface area contributed by atoms with E-state index in [9.17, 15) is 9.50 Å². The van der Waals surface area contributed by atoms with Crippen LogP contribution in [-0.4, -0.2) is 29.3 Å². The van der Waals surface area contributed by atoms with Gasteiger partial charge in [0.25, 0.3) is 0 Å². The number of aliphatic hydroxyl groups excluding tert-OH is 1. The Morgan fingerprint density at radius 1 is 0.893 bits per heavy atom. The summed E-state index contributed by atoms with van der Waals surface area (Å²) in [6, 6.07) is 23.6. The Morgan fingerprint density at radius 2 is 1.57 bits per heavy atom. The van der Waals surface area contributed by atoms with Crippen molar-refractivity contribution in [3.05, 3.63) is 101 Å². The lowest BCUT2D eigenvalue weighted by molar-refractivity contribution is 0.0624. The van der Waals surface area contributed by atoms with Crippen LogP contribution in [0.15, 0.2) is 78.9 Å². The first-order valence-corrected chi connectivity index (χ1v) is 9.54. The topological polar surface area (TPSA) is 32.7 Å². The highest BCUT2D eigenvalue weighted by atomic mass is 35.5. The van der Waals surface area contributed by atoms with Crippen LogP contribution < -0.4 is 4.74 Å². The Morgan fingerprint density at radius 3 is 2.29 bits per heavy atom. The number of ether oxygens (including phenoxy) is 1. The Hall–Kier alpha value is -2.40. The van der Waals surface area contributed by atoms with E-state index in [4.69, 9.17) is 16.3 Å². The second-order valence-corrected chi connectivity index (χ2v) is 7.10. The maximum Gasteiger partial charge on any atom is 0.127 e. The third-order valence-electron chi connectivity index (χ3n) is 4.33. The first-order chi connectivity index (χ1) is 13.6. The maximum atomic E-state index is 14.1. The first kappa shape index (κ1) is 20.3. The molecule has 0 bridgehead atoms. The van der Waals surface area contributed by atoms with E-state index in [0.717, 1.165) is 5.56 Å². The number of hydrogen-bond acceptors (Lipinski definition) is 3. The fourth-order valence-electron chi connectivity index (χ4n) is 2.97. The molecule has 0 fully saturated rings. The summed E-state index contributed by atoms with van der Waals surface area (Å²) < 4.78 is 19.7. The molecular formula is C23H23ClFNO2. The normalized spacial score (nSPS) is 12.1. The Bertz CT molecular complexity index is 858. The standard InChI is InChI=1S/C23H23ClFNO2/c24-20-10-12-22(13-11-20)28-17-21(27)16-26(14-18-6-2-1-3-7-18)15-19-8-4-5-9-23(19)25/h1-13,21,27H,14-17H2/t21-/m1/s1. The largest absolute Gasteiger partial charge is 0.491 e. The molecule has 5 heteroatoms. The molecule has 0 unspecified atom stereocenters. The molecule has 3 nitrogen and oxygen atoms in total. The van der Waals surface area contributed by atoms with E-state index in [-0.39, 0.29) is 12.4 Å². The zero-order valence-corrected chi connectivity index (χ0v) is 16.2. The smallest absolute Gasteiger partial charge is 0.127 e. The fraction of sp³-hybridized carbons (Fsp3) is 0.217. The number of hydrogen-bond donors (Lipinski definition) is 1. The van der Waals surface area contributed by atoms with Crippen molar-refractivity contribution in [3.8, 4) is 5.75 Å². The molecule has 1 atom stereocenters. The number of nitrogens with zero attached hydrogens (tertiary/aromatic N) is 1. The fourth-order valence-corrected chi connectivity index (χ4v) is 3.09. The molecular weight excluding hydrogens is 377 g/mol. The van der Waals surface area contributed by atoms with E-state index in [2.05, 4.69) is 0 Å². The minimum atomic E-state index is -0.717. The van der Waals surface area contributed by atoms with Gasteiger partial charge in [-0.25, -0.2) is 4.39 Å². The molecule has 0 amide bonds. The van der Waals surface area contributed by atoms with Crippen LogP contribution in [0.4, 0.5) is 4.39 Å². The van der Waals surface area contributed by atoms with Gasteiger partial charge in [0.2, 0.25) is 0 Å². The zero-order chi connectivity index (χ0) is 19.8. The van der Waals surface area contributed by atoms with Gasteiger partial charge in [0.05, 0.1) is 0 Å². The summed E-state index contributed by atoms with van der Waals surface area (Å²) in [5, 5.41) is 11.1. The van der Waals surface area contributed by atoms with Crippen LogP contribution >= 0.6 is 11.6 Å². The lowest BCUT2D eigenvalue weighted by Crippen LogP contribution is -2.35. The van der Waals surface area contributed by atoms with Crippen LogP contribution in [0.1, 0.15) is 11.1 Å². The van der Waals surface area contributed by atoms with Crippen molar-refractivity contribution in [2.24, 2.45) is 0 Å². The summed E-state index contributed by atoms with van der Waals surface area (Å²) in [4.78, 5) is 2.02. The molecule has 0 heterocycles. The summed E-state index contributed by atoms with van der Waals surface area (Å²) >= 11 is 5.87. The molecule has 0 saturated heterocycles. The molecule has 28 heavy (non-hydrogen) atoms. The van der Waals surface area contributed by atoms with Gasteiger partial charge in [0.1, 0.15) is 24.3 Å². The Labute approximate surface area is 170 Å². The minimum absolute atomic E-state index is 0.143. The Kier molecular flexibility index (Phi) is 7.43. The molecule has 3 aromatic carbocycles. The maximum absolute atomic E-state index is 14.1. The van der Waals surface area contributed by atoms with E-state index in [0.29, 0.717) is 36.0 Å². The molecule has 0 radical (unpaired) electrons. The molecule has 146 valence electrons. The number of aliphatic hydroxyl groups is 1. The average Bonchev–Trinajstić information content (AvgIpc) is 2.70. The van der Waals surface area contributed by atoms with Crippen LogP contribution in [0.2, 0.25) is 5.02 Å². The van der Waals surface area contributed by atoms with Crippen molar-refractivity contribution < 1.29 is 14.2 Å². The van der Waals surface area contributed by atoms with Gasteiger partial charge in [0, 0.05) is 30.2 Å². The first-order valence-electron chi connectivity index (χ1n) is 9.16. The monoisotopic (exact) mass is 399 g/mol. The summed E-state index contributed by atoms with van der Waals surface area (Å²) in [6.07, 6.45) is -0.717. The Balaban J connectivity index is 1.63. The van der Waals surface area contributed by atoms with Crippen LogP contribution in [0.3, 0.4) is 0 Å². The van der Waals surface area contributed by atoms with Gasteiger partial charge in [-0.15, -0.1) is 0 Å². The van der Waals surface area contributed by atoms with Gasteiger partial charge in [-0.3, -0.25) is 4.90 Å². The van der Waals surface area contributed by atoms with E-state index < -0.39 is 6.10 Å². The minimum Gasteiger partial charge on any atom is -0.491 e. The van der Waals surface area contributed by atoms with E-state index in [1.807, 2.05) is 41.3 Å². The number of halogens is 2. The van der Waals surface area contributed by atoms with Crippen molar-refractivity contribution in [2.75, 3.05) is 13.2 Å². The summed E-state index contributed by atoms with van der Waals surface area (Å²) in [5.74, 6) is 0.402. The second-order valence-electron chi connectivity index (χ2n) is 6.67. The number of benzene rings is 3.